The highest BCUT2D eigenvalue weighted by molar-refractivity contribution is 7.18. The minimum Gasteiger partial charge on any atom is -0.299 e. The van der Waals surface area contributed by atoms with Gasteiger partial charge in [-0.3, -0.25) is 4.40 Å². The smallest absolute Gasteiger partial charge is 0.145 e. The molecule has 0 N–H and O–H groups in total. The molecular formula is C13H8N2S. The van der Waals surface area contributed by atoms with Gasteiger partial charge in [0.05, 0.1) is 5.52 Å². The number of thiophene rings is 1. The van der Waals surface area contributed by atoms with Crippen LogP contribution in [0.1, 0.15) is 0 Å². The van der Waals surface area contributed by atoms with Crippen LogP contribution < -0.4 is 0 Å². The van der Waals surface area contributed by atoms with Crippen molar-refractivity contribution in [2.75, 3.05) is 0 Å². The Hall–Kier alpha value is -1.87. The fourth-order valence-corrected chi connectivity index (χ4v) is 3.19. The molecule has 3 aromatic heterocycles. The molecule has 0 unspecified atom stereocenters. The molecule has 0 bridgehead atoms. The summed E-state index contributed by atoms with van der Waals surface area (Å²) in [5.74, 6) is 0. The Morgan fingerprint density at radius 2 is 2.00 bits per heavy atom. The van der Waals surface area contributed by atoms with Crippen LogP contribution in [0.25, 0.3) is 26.6 Å². The molecule has 1 aromatic carbocycles. The second kappa shape index (κ2) is 2.83. The SMILES string of the molecule is c1ccc2c(c1)c1sccc1c1nccn21. The van der Waals surface area contributed by atoms with E-state index in [1.54, 1.807) is 11.3 Å². The van der Waals surface area contributed by atoms with Crippen molar-refractivity contribution in [3.8, 4) is 0 Å². The Bertz CT molecular complexity index is 741. The maximum absolute atomic E-state index is 4.44. The zero-order chi connectivity index (χ0) is 10.5. The molecule has 3 heterocycles. The lowest BCUT2D eigenvalue weighted by molar-refractivity contribution is 1.27. The molecule has 2 nitrogen and oxygen atoms in total. The van der Waals surface area contributed by atoms with Crippen LogP contribution in [0.3, 0.4) is 0 Å². The predicted molar refractivity (Wildman–Crippen MR) is 68.1 cm³/mol. The molecule has 0 saturated heterocycles. The normalized spacial score (nSPS) is 11.8. The van der Waals surface area contributed by atoms with Gasteiger partial charge < -0.3 is 0 Å². The molecule has 0 spiro atoms. The molecule has 76 valence electrons. The van der Waals surface area contributed by atoms with Crippen LogP contribution >= 0.6 is 11.3 Å². The van der Waals surface area contributed by atoms with E-state index < -0.39 is 0 Å². The van der Waals surface area contributed by atoms with Gasteiger partial charge in [0.2, 0.25) is 0 Å². The van der Waals surface area contributed by atoms with Crippen molar-refractivity contribution in [3.63, 3.8) is 0 Å². The number of nitrogens with zero attached hydrogens (tertiary/aromatic N) is 2. The van der Waals surface area contributed by atoms with E-state index in [0.717, 1.165) is 5.65 Å². The Labute approximate surface area is 95.8 Å². The summed E-state index contributed by atoms with van der Waals surface area (Å²) in [6.07, 6.45) is 3.88. The van der Waals surface area contributed by atoms with Gasteiger partial charge in [0, 0.05) is 27.9 Å². The van der Waals surface area contributed by atoms with Crippen LogP contribution in [-0.4, -0.2) is 9.38 Å². The van der Waals surface area contributed by atoms with Crippen LogP contribution in [0.15, 0.2) is 48.1 Å². The summed E-state index contributed by atoms with van der Waals surface area (Å²) in [4.78, 5) is 4.44. The van der Waals surface area contributed by atoms with E-state index in [-0.39, 0.29) is 0 Å². The molecule has 0 aliphatic heterocycles. The Balaban J connectivity index is 2.51. The molecule has 0 saturated carbocycles. The van der Waals surface area contributed by atoms with Crippen LogP contribution in [0.4, 0.5) is 0 Å². The number of rotatable bonds is 0. The first-order chi connectivity index (χ1) is 7.95. The average Bonchev–Trinajstić information content (AvgIpc) is 2.98. The molecule has 16 heavy (non-hydrogen) atoms. The van der Waals surface area contributed by atoms with E-state index in [1.807, 2.05) is 12.4 Å². The fourth-order valence-electron chi connectivity index (χ4n) is 2.27. The van der Waals surface area contributed by atoms with Gasteiger partial charge in [0.1, 0.15) is 5.65 Å². The summed E-state index contributed by atoms with van der Waals surface area (Å²) >= 11 is 1.78. The largest absolute Gasteiger partial charge is 0.299 e. The zero-order valence-corrected chi connectivity index (χ0v) is 9.24. The minimum absolute atomic E-state index is 1.05. The van der Waals surface area contributed by atoms with Crippen molar-refractivity contribution in [2.24, 2.45) is 0 Å². The number of hydrogen-bond donors (Lipinski definition) is 0. The topological polar surface area (TPSA) is 17.3 Å². The quantitative estimate of drug-likeness (QED) is 0.445. The molecule has 4 rings (SSSR count). The number of pyridine rings is 1. The summed E-state index contributed by atoms with van der Waals surface area (Å²) in [6.45, 7) is 0. The van der Waals surface area contributed by atoms with Gasteiger partial charge >= 0.3 is 0 Å². The lowest BCUT2D eigenvalue weighted by atomic mass is 10.2. The average molecular weight is 224 g/mol. The molecule has 0 aliphatic carbocycles. The van der Waals surface area contributed by atoms with Crippen molar-refractivity contribution >= 4 is 38.0 Å². The zero-order valence-electron chi connectivity index (χ0n) is 8.42. The maximum atomic E-state index is 4.44. The first-order valence-corrected chi connectivity index (χ1v) is 6.04. The number of imidazole rings is 1. The third-order valence-electron chi connectivity index (χ3n) is 2.96. The van der Waals surface area contributed by atoms with Gasteiger partial charge in [-0.05, 0) is 17.5 Å². The van der Waals surface area contributed by atoms with Gasteiger partial charge in [-0.25, -0.2) is 4.98 Å². The number of benzene rings is 1. The highest BCUT2D eigenvalue weighted by Gasteiger charge is 2.08. The molecule has 0 radical (unpaired) electrons. The second-order valence-electron chi connectivity index (χ2n) is 3.80. The predicted octanol–water partition coefficient (Wildman–Crippen LogP) is 3.70. The monoisotopic (exact) mass is 224 g/mol. The molecule has 0 atom stereocenters. The number of fused-ring (bicyclic) bond motifs is 6. The van der Waals surface area contributed by atoms with Crippen molar-refractivity contribution in [1.29, 1.82) is 0 Å². The van der Waals surface area contributed by atoms with Crippen LogP contribution in [0.5, 0.6) is 0 Å². The van der Waals surface area contributed by atoms with Crippen molar-refractivity contribution in [2.45, 2.75) is 0 Å². The number of para-hydroxylation sites is 1. The van der Waals surface area contributed by atoms with Gasteiger partial charge in [-0.2, -0.15) is 0 Å². The summed E-state index contributed by atoms with van der Waals surface area (Å²) < 4.78 is 3.49. The van der Waals surface area contributed by atoms with Crippen LogP contribution in [-0.2, 0) is 0 Å². The molecule has 0 aliphatic rings. The van der Waals surface area contributed by atoms with Gasteiger partial charge in [-0.15, -0.1) is 11.3 Å². The van der Waals surface area contributed by atoms with E-state index in [1.165, 1.54) is 21.0 Å². The standard InChI is InChI=1S/C13H8N2S/c1-2-4-11-9(3-1)12-10(5-8-16-12)13-14-6-7-15(11)13/h1-8H. The first-order valence-electron chi connectivity index (χ1n) is 5.16. The summed E-state index contributed by atoms with van der Waals surface area (Å²) in [5, 5.41) is 4.68. The molecule has 4 aromatic rings. The van der Waals surface area contributed by atoms with Crippen molar-refractivity contribution in [1.82, 2.24) is 9.38 Å². The van der Waals surface area contributed by atoms with E-state index in [2.05, 4.69) is 45.1 Å². The fraction of sp³-hybridized carbons (Fsp3) is 0. The Morgan fingerprint density at radius 3 is 3.00 bits per heavy atom. The first kappa shape index (κ1) is 8.30. The molecule has 0 fully saturated rings. The summed E-state index contributed by atoms with van der Waals surface area (Å²) in [7, 11) is 0. The third kappa shape index (κ3) is 0.888. The summed E-state index contributed by atoms with van der Waals surface area (Å²) in [5.41, 5.74) is 2.28. The van der Waals surface area contributed by atoms with Crippen molar-refractivity contribution in [3.05, 3.63) is 48.1 Å². The molecule has 3 heteroatoms. The van der Waals surface area contributed by atoms with Crippen LogP contribution in [0.2, 0.25) is 0 Å². The Kier molecular flexibility index (Phi) is 1.47. The van der Waals surface area contributed by atoms with Crippen LogP contribution in [0, 0.1) is 0 Å². The molecule has 0 amide bonds. The lowest BCUT2D eigenvalue weighted by Crippen LogP contribution is -1.87. The summed E-state index contributed by atoms with van der Waals surface area (Å²) in [6, 6.07) is 10.6. The van der Waals surface area contributed by atoms with Crippen molar-refractivity contribution < 1.29 is 0 Å². The number of hydrogen-bond acceptors (Lipinski definition) is 2. The van der Waals surface area contributed by atoms with Gasteiger partial charge in [0.15, 0.2) is 0 Å². The molecular weight excluding hydrogens is 216 g/mol. The van der Waals surface area contributed by atoms with E-state index in [9.17, 15) is 0 Å². The third-order valence-corrected chi connectivity index (χ3v) is 3.90. The highest BCUT2D eigenvalue weighted by atomic mass is 32.1. The minimum atomic E-state index is 1.05. The number of aromatic nitrogens is 2. The maximum Gasteiger partial charge on any atom is 0.145 e. The van der Waals surface area contributed by atoms with E-state index in [4.69, 9.17) is 0 Å². The highest BCUT2D eigenvalue weighted by Crippen LogP contribution is 2.32. The van der Waals surface area contributed by atoms with E-state index in [0.29, 0.717) is 0 Å². The second-order valence-corrected chi connectivity index (χ2v) is 4.72. The lowest BCUT2D eigenvalue weighted by Gasteiger charge is -2.03. The van der Waals surface area contributed by atoms with Gasteiger partial charge in [0.25, 0.3) is 0 Å². The van der Waals surface area contributed by atoms with E-state index >= 15 is 0 Å². The van der Waals surface area contributed by atoms with Gasteiger partial charge in [-0.1, -0.05) is 18.2 Å². The Morgan fingerprint density at radius 1 is 1.06 bits per heavy atom.